The average molecular weight is 300 g/mol. The van der Waals surface area contributed by atoms with Crippen molar-refractivity contribution in [3.63, 3.8) is 0 Å². The zero-order valence-corrected chi connectivity index (χ0v) is 11.5. The topological polar surface area (TPSA) is 72.7 Å². The van der Waals surface area contributed by atoms with Crippen LogP contribution in [0.1, 0.15) is 10.4 Å². The SMILES string of the molecule is O=C(Nc1ccnc(Cl)n1)c1cnn(-c2ccccc2)c1. The van der Waals surface area contributed by atoms with Crippen molar-refractivity contribution >= 4 is 23.3 Å². The Bertz CT molecular complexity index is 772. The molecule has 0 unspecified atom stereocenters. The van der Waals surface area contributed by atoms with E-state index in [-0.39, 0.29) is 11.2 Å². The maximum atomic E-state index is 12.1. The van der Waals surface area contributed by atoms with Gasteiger partial charge in [-0.15, -0.1) is 0 Å². The Hall–Kier alpha value is -2.73. The second-order valence-electron chi connectivity index (χ2n) is 4.17. The monoisotopic (exact) mass is 299 g/mol. The van der Waals surface area contributed by atoms with E-state index in [0.29, 0.717) is 11.4 Å². The van der Waals surface area contributed by atoms with Crippen LogP contribution in [0.5, 0.6) is 0 Å². The highest BCUT2D eigenvalue weighted by molar-refractivity contribution is 6.28. The van der Waals surface area contributed by atoms with E-state index in [4.69, 9.17) is 11.6 Å². The van der Waals surface area contributed by atoms with E-state index < -0.39 is 0 Å². The largest absolute Gasteiger partial charge is 0.306 e. The van der Waals surface area contributed by atoms with Crippen molar-refractivity contribution in [2.24, 2.45) is 0 Å². The Morgan fingerprint density at radius 2 is 2.00 bits per heavy atom. The van der Waals surface area contributed by atoms with Crippen molar-refractivity contribution in [1.29, 1.82) is 0 Å². The summed E-state index contributed by atoms with van der Waals surface area (Å²) in [4.78, 5) is 19.8. The van der Waals surface area contributed by atoms with Gasteiger partial charge in [0.15, 0.2) is 0 Å². The highest BCUT2D eigenvalue weighted by Gasteiger charge is 2.10. The highest BCUT2D eigenvalue weighted by atomic mass is 35.5. The van der Waals surface area contributed by atoms with Crippen molar-refractivity contribution in [2.75, 3.05) is 5.32 Å². The number of carbonyl (C=O) groups excluding carboxylic acids is 1. The first-order chi connectivity index (χ1) is 10.2. The summed E-state index contributed by atoms with van der Waals surface area (Å²) >= 11 is 5.67. The summed E-state index contributed by atoms with van der Waals surface area (Å²) in [6.45, 7) is 0. The molecule has 1 amide bonds. The predicted molar refractivity (Wildman–Crippen MR) is 78.6 cm³/mol. The highest BCUT2D eigenvalue weighted by Crippen LogP contribution is 2.10. The van der Waals surface area contributed by atoms with Crippen molar-refractivity contribution in [3.8, 4) is 5.69 Å². The zero-order valence-electron chi connectivity index (χ0n) is 10.8. The lowest BCUT2D eigenvalue weighted by molar-refractivity contribution is 0.102. The molecule has 0 atom stereocenters. The molecule has 0 aliphatic heterocycles. The van der Waals surface area contributed by atoms with Crippen molar-refractivity contribution in [3.05, 3.63) is 65.8 Å². The number of anilines is 1. The number of nitrogens with one attached hydrogen (secondary N) is 1. The molecular weight excluding hydrogens is 290 g/mol. The molecule has 0 saturated heterocycles. The van der Waals surface area contributed by atoms with Gasteiger partial charge in [0.25, 0.3) is 5.91 Å². The first kappa shape index (κ1) is 13.3. The first-order valence-electron chi connectivity index (χ1n) is 6.12. The molecule has 0 radical (unpaired) electrons. The normalized spacial score (nSPS) is 10.3. The van der Waals surface area contributed by atoms with Gasteiger partial charge in [-0.25, -0.2) is 14.6 Å². The molecular formula is C14H10ClN5O. The van der Waals surface area contributed by atoms with Gasteiger partial charge in [0.05, 0.1) is 17.4 Å². The van der Waals surface area contributed by atoms with Crippen LogP contribution in [0, 0.1) is 0 Å². The number of aromatic nitrogens is 4. The molecule has 7 heteroatoms. The maximum Gasteiger partial charge on any atom is 0.260 e. The summed E-state index contributed by atoms with van der Waals surface area (Å²) in [7, 11) is 0. The third kappa shape index (κ3) is 3.06. The molecule has 1 N–H and O–H groups in total. The fourth-order valence-corrected chi connectivity index (χ4v) is 1.90. The molecule has 0 bridgehead atoms. The van der Waals surface area contributed by atoms with Crippen LogP contribution < -0.4 is 5.32 Å². The van der Waals surface area contributed by atoms with Gasteiger partial charge in [0, 0.05) is 12.4 Å². The molecule has 0 aliphatic carbocycles. The van der Waals surface area contributed by atoms with Crippen LogP contribution in [0.15, 0.2) is 55.0 Å². The van der Waals surface area contributed by atoms with E-state index in [9.17, 15) is 4.79 Å². The third-order valence-corrected chi connectivity index (χ3v) is 2.92. The van der Waals surface area contributed by atoms with Crippen molar-refractivity contribution in [1.82, 2.24) is 19.7 Å². The van der Waals surface area contributed by atoms with Gasteiger partial charge in [-0.05, 0) is 29.8 Å². The Balaban J connectivity index is 1.78. The van der Waals surface area contributed by atoms with Gasteiger partial charge < -0.3 is 5.32 Å². The molecule has 1 aromatic carbocycles. The van der Waals surface area contributed by atoms with E-state index in [2.05, 4.69) is 20.4 Å². The summed E-state index contributed by atoms with van der Waals surface area (Å²) < 4.78 is 1.63. The summed E-state index contributed by atoms with van der Waals surface area (Å²) in [6.07, 6.45) is 4.61. The lowest BCUT2D eigenvalue weighted by atomic mass is 10.3. The van der Waals surface area contributed by atoms with Crippen LogP contribution in [0.2, 0.25) is 5.28 Å². The summed E-state index contributed by atoms with van der Waals surface area (Å²) in [6, 6.07) is 11.1. The quantitative estimate of drug-likeness (QED) is 0.754. The lowest BCUT2D eigenvalue weighted by Crippen LogP contribution is -2.12. The fourth-order valence-electron chi connectivity index (χ4n) is 1.76. The molecule has 2 aromatic heterocycles. The number of hydrogen-bond acceptors (Lipinski definition) is 4. The number of carbonyl (C=O) groups is 1. The Labute approximate surface area is 125 Å². The third-order valence-electron chi connectivity index (χ3n) is 2.73. The van der Waals surface area contributed by atoms with E-state index >= 15 is 0 Å². The van der Waals surface area contributed by atoms with E-state index in [1.54, 1.807) is 16.9 Å². The van der Waals surface area contributed by atoms with Crippen LogP contribution in [0.3, 0.4) is 0 Å². The number of para-hydroxylation sites is 1. The minimum atomic E-state index is -0.313. The Kier molecular flexibility index (Phi) is 3.61. The molecule has 104 valence electrons. The van der Waals surface area contributed by atoms with Gasteiger partial charge in [-0.3, -0.25) is 4.79 Å². The first-order valence-corrected chi connectivity index (χ1v) is 6.50. The molecule has 2 heterocycles. The van der Waals surface area contributed by atoms with Crippen LogP contribution in [0.4, 0.5) is 5.82 Å². The fraction of sp³-hybridized carbons (Fsp3) is 0. The zero-order chi connectivity index (χ0) is 14.7. The summed E-state index contributed by atoms with van der Waals surface area (Å²) in [5.74, 6) is 0.0272. The average Bonchev–Trinajstić information content (AvgIpc) is 2.98. The van der Waals surface area contributed by atoms with Gasteiger partial charge in [-0.1, -0.05) is 18.2 Å². The van der Waals surface area contributed by atoms with Gasteiger partial charge in [-0.2, -0.15) is 5.10 Å². The second kappa shape index (κ2) is 5.72. The predicted octanol–water partition coefficient (Wildman–Crippen LogP) is 2.57. The minimum absolute atomic E-state index is 0.0766. The van der Waals surface area contributed by atoms with Crippen molar-refractivity contribution in [2.45, 2.75) is 0 Å². The molecule has 3 aromatic rings. The standard InChI is InChI=1S/C14H10ClN5O/c15-14-16-7-6-12(19-14)18-13(21)10-8-17-20(9-10)11-4-2-1-3-5-11/h1-9H,(H,16,18,19,21). The van der Waals surface area contributed by atoms with Crippen molar-refractivity contribution < 1.29 is 4.79 Å². The summed E-state index contributed by atoms with van der Waals surface area (Å²) in [5, 5.41) is 6.88. The van der Waals surface area contributed by atoms with E-state index in [1.165, 1.54) is 12.4 Å². The minimum Gasteiger partial charge on any atom is -0.306 e. The Morgan fingerprint density at radius 1 is 1.19 bits per heavy atom. The number of rotatable bonds is 3. The molecule has 0 aliphatic rings. The number of amides is 1. The molecule has 6 nitrogen and oxygen atoms in total. The summed E-state index contributed by atoms with van der Waals surface area (Å²) in [5.41, 5.74) is 1.30. The van der Waals surface area contributed by atoms with Crippen LogP contribution in [-0.2, 0) is 0 Å². The van der Waals surface area contributed by atoms with Crippen LogP contribution in [0.25, 0.3) is 5.69 Å². The van der Waals surface area contributed by atoms with E-state index in [1.807, 2.05) is 30.3 Å². The number of nitrogens with zero attached hydrogens (tertiary/aromatic N) is 4. The number of halogens is 1. The molecule has 21 heavy (non-hydrogen) atoms. The number of benzene rings is 1. The lowest BCUT2D eigenvalue weighted by Gasteiger charge is -2.02. The van der Waals surface area contributed by atoms with Crippen LogP contribution in [-0.4, -0.2) is 25.7 Å². The van der Waals surface area contributed by atoms with Gasteiger partial charge >= 0.3 is 0 Å². The number of hydrogen-bond donors (Lipinski definition) is 1. The van der Waals surface area contributed by atoms with Gasteiger partial charge in [0.2, 0.25) is 5.28 Å². The smallest absolute Gasteiger partial charge is 0.260 e. The molecule has 0 saturated carbocycles. The van der Waals surface area contributed by atoms with Gasteiger partial charge in [0.1, 0.15) is 5.82 Å². The van der Waals surface area contributed by atoms with E-state index in [0.717, 1.165) is 5.69 Å². The van der Waals surface area contributed by atoms with Crippen LogP contribution >= 0.6 is 11.6 Å². The second-order valence-corrected chi connectivity index (χ2v) is 4.51. The maximum absolute atomic E-state index is 12.1. The molecule has 3 rings (SSSR count). The molecule has 0 spiro atoms. The Morgan fingerprint density at radius 3 is 2.76 bits per heavy atom. The molecule has 0 fully saturated rings.